The molecule has 0 bridgehead atoms. The van der Waals surface area contributed by atoms with Gasteiger partial charge in [0.2, 0.25) is 0 Å². The molecule has 0 unspecified atom stereocenters. The van der Waals surface area contributed by atoms with E-state index in [9.17, 15) is 9.90 Å². The number of benzene rings is 1. The van der Waals surface area contributed by atoms with Gasteiger partial charge >= 0.3 is 0 Å². The van der Waals surface area contributed by atoms with Crippen LogP contribution in [0.25, 0.3) is 20.7 Å². The molecule has 2 heterocycles. The van der Waals surface area contributed by atoms with E-state index in [2.05, 4.69) is 9.97 Å². The largest absolute Gasteiger partial charge is 0.508 e. The number of aromatic hydroxyl groups is 1. The van der Waals surface area contributed by atoms with E-state index >= 15 is 0 Å². The standard InChI is InChI=1S/C14H10N2O2S/c17-8-2-4-9-7(5-8)1-3-10-11-13(19-12(9)10)14(18)16-6-15-11/h2,4-6,17H,1,3H2,(H,15,16,18). The van der Waals surface area contributed by atoms with Crippen LogP contribution in [0.2, 0.25) is 0 Å². The van der Waals surface area contributed by atoms with Gasteiger partial charge in [0, 0.05) is 4.88 Å². The highest BCUT2D eigenvalue weighted by atomic mass is 32.1. The van der Waals surface area contributed by atoms with Crippen molar-refractivity contribution >= 4 is 21.6 Å². The number of nitrogens with one attached hydrogen (secondary N) is 1. The van der Waals surface area contributed by atoms with Gasteiger partial charge < -0.3 is 10.1 Å². The van der Waals surface area contributed by atoms with E-state index in [4.69, 9.17) is 0 Å². The number of phenolic OH excluding ortho intramolecular Hbond substituents is 1. The zero-order valence-electron chi connectivity index (χ0n) is 9.93. The van der Waals surface area contributed by atoms with Crippen LogP contribution >= 0.6 is 11.3 Å². The van der Waals surface area contributed by atoms with Crippen LogP contribution in [0.5, 0.6) is 5.75 Å². The molecule has 0 atom stereocenters. The fourth-order valence-corrected chi connectivity index (χ4v) is 3.94. The molecule has 0 radical (unpaired) electrons. The van der Waals surface area contributed by atoms with Crippen molar-refractivity contribution in [1.82, 2.24) is 9.97 Å². The third kappa shape index (κ3) is 1.45. The third-order valence-corrected chi connectivity index (χ3v) is 4.81. The van der Waals surface area contributed by atoms with Crippen LogP contribution in [0.15, 0.2) is 29.3 Å². The van der Waals surface area contributed by atoms with Crippen molar-refractivity contribution in [2.75, 3.05) is 0 Å². The minimum absolute atomic E-state index is 0.0790. The van der Waals surface area contributed by atoms with Gasteiger partial charge in [-0.2, -0.15) is 0 Å². The molecular formula is C14H10N2O2S. The number of H-pyrrole nitrogens is 1. The summed E-state index contributed by atoms with van der Waals surface area (Å²) < 4.78 is 0.688. The maximum Gasteiger partial charge on any atom is 0.268 e. The van der Waals surface area contributed by atoms with E-state index in [1.807, 2.05) is 6.07 Å². The Labute approximate surface area is 112 Å². The summed E-state index contributed by atoms with van der Waals surface area (Å²) in [5, 5.41) is 9.56. The number of aryl methyl sites for hydroxylation is 2. The van der Waals surface area contributed by atoms with Crippen molar-refractivity contribution in [3.05, 3.63) is 46.0 Å². The van der Waals surface area contributed by atoms with Crippen LogP contribution in [0.3, 0.4) is 0 Å². The zero-order chi connectivity index (χ0) is 13.0. The second-order valence-corrected chi connectivity index (χ2v) is 5.68. The molecule has 1 aromatic carbocycles. The summed E-state index contributed by atoms with van der Waals surface area (Å²) >= 11 is 1.49. The van der Waals surface area contributed by atoms with E-state index in [1.54, 1.807) is 12.1 Å². The molecule has 5 heteroatoms. The first kappa shape index (κ1) is 10.8. The topological polar surface area (TPSA) is 66.0 Å². The Bertz CT molecular complexity index is 863. The van der Waals surface area contributed by atoms with E-state index in [0.29, 0.717) is 10.4 Å². The van der Waals surface area contributed by atoms with Gasteiger partial charge in [0.15, 0.2) is 0 Å². The molecule has 94 valence electrons. The average Bonchev–Trinajstić information content (AvgIpc) is 2.79. The molecule has 0 fully saturated rings. The van der Waals surface area contributed by atoms with Crippen LogP contribution in [0.4, 0.5) is 0 Å². The van der Waals surface area contributed by atoms with Gasteiger partial charge in [0.25, 0.3) is 5.56 Å². The summed E-state index contributed by atoms with van der Waals surface area (Å²) in [6.07, 6.45) is 3.20. The molecule has 2 aromatic heterocycles. The maximum absolute atomic E-state index is 11.8. The Balaban J connectivity index is 2.10. The first-order valence-electron chi connectivity index (χ1n) is 6.05. The summed E-state index contributed by atoms with van der Waals surface area (Å²) in [4.78, 5) is 19.9. The molecule has 1 aliphatic rings. The molecule has 19 heavy (non-hydrogen) atoms. The van der Waals surface area contributed by atoms with Crippen molar-refractivity contribution in [3.63, 3.8) is 0 Å². The Morgan fingerprint density at radius 1 is 1.32 bits per heavy atom. The Morgan fingerprint density at radius 2 is 2.21 bits per heavy atom. The lowest BCUT2D eigenvalue weighted by molar-refractivity contribution is 0.474. The van der Waals surface area contributed by atoms with Crippen LogP contribution < -0.4 is 5.56 Å². The molecule has 0 saturated carbocycles. The van der Waals surface area contributed by atoms with Gasteiger partial charge in [-0.1, -0.05) is 0 Å². The molecule has 1 aliphatic carbocycles. The summed E-state index contributed by atoms with van der Waals surface area (Å²) in [5.74, 6) is 0.291. The predicted molar refractivity (Wildman–Crippen MR) is 74.7 cm³/mol. The number of aromatic nitrogens is 2. The molecule has 2 N–H and O–H groups in total. The number of fused-ring (bicyclic) bond motifs is 5. The highest BCUT2D eigenvalue weighted by Crippen LogP contribution is 2.42. The number of hydrogen-bond acceptors (Lipinski definition) is 4. The summed E-state index contributed by atoms with van der Waals surface area (Å²) in [5.41, 5.74) is 4.15. The van der Waals surface area contributed by atoms with Crippen LogP contribution in [-0.4, -0.2) is 15.1 Å². The fraction of sp³-hybridized carbons (Fsp3) is 0.143. The highest BCUT2D eigenvalue weighted by molar-refractivity contribution is 7.22. The highest BCUT2D eigenvalue weighted by Gasteiger charge is 2.23. The fourth-order valence-electron chi connectivity index (χ4n) is 2.69. The lowest BCUT2D eigenvalue weighted by atomic mass is 9.91. The predicted octanol–water partition coefficient (Wildman–Crippen LogP) is 2.46. The minimum atomic E-state index is -0.0790. The normalized spacial score (nSPS) is 13.3. The first-order chi connectivity index (χ1) is 9.24. The van der Waals surface area contributed by atoms with Gasteiger partial charge in [-0.3, -0.25) is 4.79 Å². The van der Waals surface area contributed by atoms with E-state index < -0.39 is 0 Å². The molecule has 0 spiro atoms. The monoisotopic (exact) mass is 270 g/mol. The molecule has 0 saturated heterocycles. The first-order valence-corrected chi connectivity index (χ1v) is 6.87. The Kier molecular flexibility index (Phi) is 2.08. The summed E-state index contributed by atoms with van der Waals surface area (Å²) in [6, 6.07) is 5.42. The third-order valence-electron chi connectivity index (χ3n) is 3.55. The van der Waals surface area contributed by atoms with Gasteiger partial charge in [-0.25, -0.2) is 4.98 Å². The van der Waals surface area contributed by atoms with Gasteiger partial charge in [-0.15, -0.1) is 11.3 Å². The van der Waals surface area contributed by atoms with Crippen molar-refractivity contribution in [2.45, 2.75) is 12.8 Å². The molecule has 4 rings (SSSR count). The summed E-state index contributed by atoms with van der Waals surface area (Å²) in [7, 11) is 0. The zero-order valence-corrected chi connectivity index (χ0v) is 10.8. The molecule has 0 amide bonds. The Hall–Kier alpha value is -2.14. The SMILES string of the molecule is O=c1[nH]cnc2c3c(sc12)-c1ccc(O)cc1CC3. The molecule has 0 aliphatic heterocycles. The molecular weight excluding hydrogens is 260 g/mol. The maximum atomic E-state index is 11.8. The second-order valence-electron chi connectivity index (χ2n) is 4.66. The van der Waals surface area contributed by atoms with Crippen LogP contribution in [0.1, 0.15) is 11.1 Å². The Morgan fingerprint density at radius 3 is 3.11 bits per heavy atom. The second kappa shape index (κ2) is 3.68. The van der Waals surface area contributed by atoms with Crippen molar-refractivity contribution in [2.24, 2.45) is 0 Å². The van der Waals surface area contributed by atoms with Crippen molar-refractivity contribution in [1.29, 1.82) is 0 Å². The van der Waals surface area contributed by atoms with Gasteiger partial charge in [0.1, 0.15) is 10.4 Å². The van der Waals surface area contributed by atoms with E-state index in [0.717, 1.165) is 39.9 Å². The smallest absolute Gasteiger partial charge is 0.268 e. The van der Waals surface area contributed by atoms with Gasteiger partial charge in [0.05, 0.1) is 11.8 Å². The average molecular weight is 270 g/mol. The molecule has 3 aromatic rings. The molecule has 4 nitrogen and oxygen atoms in total. The number of thiophene rings is 1. The van der Waals surface area contributed by atoms with E-state index in [1.165, 1.54) is 17.7 Å². The number of nitrogens with zero attached hydrogens (tertiary/aromatic N) is 1. The minimum Gasteiger partial charge on any atom is -0.508 e. The lowest BCUT2D eigenvalue weighted by Gasteiger charge is -2.16. The lowest BCUT2D eigenvalue weighted by Crippen LogP contribution is -2.05. The quantitative estimate of drug-likeness (QED) is 0.659. The number of aromatic amines is 1. The number of phenols is 1. The van der Waals surface area contributed by atoms with Crippen molar-refractivity contribution < 1.29 is 5.11 Å². The van der Waals surface area contributed by atoms with Crippen LogP contribution in [-0.2, 0) is 12.8 Å². The van der Waals surface area contributed by atoms with E-state index in [-0.39, 0.29) is 5.56 Å². The summed E-state index contributed by atoms with van der Waals surface area (Å²) in [6.45, 7) is 0. The number of rotatable bonds is 0. The van der Waals surface area contributed by atoms with Gasteiger partial charge in [-0.05, 0) is 47.7 Å². The van der Waals surface area contributed by atoms with Crippen molar-refractivity contribution in [3.8, 4) is 16.2 Å². The number of hydrogen-bond donors (Lipinski definition) is 2. The van der Waals surface area contributed by atoms with Crippen LogP contribution in [0, 0.1) is 0 Å².